The molecule has 0 aliphatic heterocycles. The van der Waals surface area contributed by atoms with Crippen LogP contribution in [0.25, 0.3) is 10.9 Å². The quantitative estimate of drug-likeness (QED) is 0.649. The minimum atomic E-state index is -4.49. The van der Waals surface area contributed by atoms with Gasteiger partial charge in [-0.2, -0.15) is 13.2 Å². The summed E-state index contributed by atoms with van der Waals surface area (Å²) < 4.78 is 38.2. The summed E-state index contributed by atoms with van der Waals surface area (Å²) in [7, 11) is 0. The standard InChI is InChI=1S/C19H15F3N2O/c1-11-6-12(2)17-16(7-11)14(9-23-17)10-24-18(25)13-4-3-5-15(8-13)19(20,21)22/h3-10,23H,1-2H3. The molecule has 1 N–H and O–H groups in total. The van der Waals surface area contributed by atoms with Crippen molar-refractivity contribution in [1.29, 1.82) is 0 Å². The van der Waals surface area contributed by atoms with Crippen LogP contribution in [0.4, 0.5) is 13.2 Å². The molecule has 128 valence electrons. The number of hydrogen-bond donors (Lipinski definition) is 1. The normalized spacial score (nSPS) is 12.2. The molecular formula is C19H15F3N2O. The monoisotopic (exact) mass is 344 g/mol. The third-order valence-corrected chi connectivity index (χ3v) is 3.92. The minimum Gasteiger partial charge on any atom is -0.360 e. The molecule has 25 heavy (non-hydrogen) atoms. The Bertz CT molecular complexity index is 984. The zero-order valence-corrected chi connectivity index (χ0v) is 13.6. The summed E-state index contributed by atoms with van der Waals surface area (Å²) >= 11 is 0. The predicted molar refractivity (Wildman–Crippen MR) is 91.1 cm³/mol. The molecule has 0 bridgehead atoms. The van der Waals surface area contributed by atoms with Crippen molar-refractivity contribution in [3.05, 3.63) is 70.4 Å². The number of amides is 1. The maximum atomic E-state index is 12.7. The van der Waals surface area contributed by atoms with Crippen LogP contribution in [0, 0.1) is 13.8 Å². The summed E-state index contributed by atoms with van der Waals surface area (Å²) in [6.45, 7) is 3.94. The van der Waals surface area contributed by atoms with E-state index in [1.165, 1.54) is 18.3 Å². The molecule has 1 heterocycles. The number of nitrogens with zero attached hydrogens (tertiary/aromatic N) is 1. The Kier molecular flexibility index (Phi) is 4.20. The van der Waals surface area contributed by atoms with Crippen molar-refractivity contribution in [1.82, 2.24) is 4.98 Å². The zero-order chi connectivity index (χ0) is 18.2. The van der Waals surface area contributed by atoms with Gasteiger partial charge in [0.15, 0.2) is 0 Å². The lowest BCUT2D eigenvalue weighted by molar-refractivity contribution is -0.137. The Labute approximate surface area is 142 Å². The first kappa shape index (κ1) is 17.0. The predicted octanol–water partition coefficient (Wildman–Crippen LogP) is 5.06. The van der Waals surface area contributed by atoms with E-state index in [0.29, 0.717) is 5.56 Å². The highest BCUT2D eigenvalue weighted by Crippen LogP contribution is 2.29. The number of aryl methyl sites for hydroxylation is 2. The van der Waals surface area contributed by atoms with Gasteiger partial charge in [-0.3, -0.25) is 4.79 Å². The molecule has 0 fully saturated rings. The van der Waals surface area contributed by atoms with E-state index in [2.05, 4.69) is 9.98 Å². The highest BCUT2D eigenvalue weighted by atomic mass is 19.4. The first-order valence-electron chi connectivity index (χ1n) is 7.59. The molecule has 0 spiro atoms. The summed E-state index contributed by atoms with van der Waals surface area (Å²) in [5, 5.41) is 0.915. The maximum absolute atomic E-state index is 12.7. The molecule has 3 aromatic rings. The molecule has 0 saturated heterocycles. The van der Waals surface area contributed by atoms with Crippen LogP contribution in [-0.2, 0) is 6.18 Å². The summed E-state index contributed by atoms with van der Waals surface area (Å²) in [4.78, 5) is 19.1. The Morgan fingerprint density at radius 3 is 2.64 bits per heavy atom. The van der Waals surface area contributed by atoms with Crippen molar-refractivity contribution < 1.29 is 18.0 Å². The number of fused-ring (bicyclic) bond motifs is 1. The van der Waals surface area contributed by atoms with Gasteiger partial charge in [0, 0.05) is 34.4 Å². The fourth-order valence-corrected chi connectivity index (χ4v) is 2.75. The Hall–Kier alpha value is -2.89. The van der Waals surface area contributed by atoms with Gasteiger partial charge in [-0.05, 0) is 43.7 Å². The van der Waals surface area contributed by atoms with Gasteiger partial charge in [-0.15, -0.1) is 0 Å². The van der Waals surface area contributed by atoms with Crippen LogP contribution in [-0.4, -0.2) is 17.1 Å². The third kappa shape index (κ3) is 3.47. The van der Waals surface area contributed by atoms with E-state index in [0.717, 1.165) is 34.2 Å². The van der Waals surface area contributed by atoms with Crippen molar-refractivity contribution in [2.45, 2.75) is 20.0 Å². The van der Waals surface area contributed by atoms with Crippen LogP contribution in [0.2, 0.25) is 0 Å². The smallest absolute Gasteiger partial charge is 0.360 e. The number of aromatic amines is 1. The van der Waals surface area contributed by atoms with Crippen molar-refractivity contribution in [2.75, 3.05) is 0 Å². The van der Waals surface area contributed by atoms with E-state index >= 15 is 0 Å². The molecule has 0 aliphatic carbocycles. The SMILES string of the molecule is Cc1cc(C)c2[nH]cc(C=NC(=O)c3cccc(C(F)(F)F)c3)c2c1. The molecular weight excluding hydrogens is 329 g/mol. The van der Waals surface area contributed by atoms with Crippen LogP contribution in [0.15, 0.2) is 47.6 Å². The summed E-state index contributed by atoms with van der Waals surface area (Å²) in [5.41, 5.74) is 2.83. The van der Waals surface area contributed by atoms with Gasteiger partial charge in [0.25, 0.3) is 5.91 Å². The van der Waals surface area contributed by atoms with E-state index in [4.69, 9.17) is 0 Å². The summed E-state index contributed by atoms with van der Waals surface area (Å²) in [5.74, 6) is -0.718. The molecule has 0 atom stereocenters. The second kappa shape index (κ2) is 6.20. The van der Waals surface area contributed by atoms with Gasteiger partial charge >= 0.3 is 6.18 Å². The molecule has 2 aromatic carbocycles. The Morgan fingerprint density at radius 1 is 1.16 bits per heavy atom. The van der Waals surface area contributed by atoms with Crippen molar-refractivity contribution in [3.63, 3.8) is 0 Å². The first-order chi connectivity index (χ1) is 11.8. The molecule has 6 heteroatoms. The molecule has 0 radical (unpaired) electrons. The number of carbonyl (C=O) groups excluding carboxylic acids is 1. The first-order valence-corrected chi connectivity index (χ1v) is 7.59. The summed E-state index contributed by atoms with van der Waals surface area (Å²) in [6.07, 6.45) is -1.40. The number of hydrogen-bond acceptors (Lipinski definition) is 1. The van der Waals surface area contributed by atoms with E-state index in [-0.39, 0.29) is 5.56 Å². The highest BCUT2D eigenvalue weighted by molar-refractivity contribution is 6.06. The van der Waals surface area contributed by atoms with Gasteiger partial charge in [0.2, 0.25) is 0 Å². The van der Waals surface area contributed by atoms with Crippen molar-refractivity contribution in [3.8, 4) is 0 Å². The lowest BCUT2D eigenvalue weighted by atomic mass is 10.1. The average molecular weight is 344 g/mol. The summed E-state index contributed by atoms with van der Waals surface area (Å²) in [6, 6.07) is 8.25. The number of alkyl halides is 3. The number of aliphatic imine (C=N–C) groups is 1. The number of rotatable bonds is 2. The minimum absolute atomic E-state index is 0.0988. The molecule has 0 saturated carbocycles. The Morgan fingerprint density at radius 2 is 1.92 bits per heavy atom. The topological polar surface area (TPSA) is 45.2 Å². The van der Waals surface area contributed by atoms with E-state index < -0.39 is 17.6 Å². The largest absolute Gasteiger partial charge is 0.416 e. The van der Waals surface area contributed by atoms with Gasteiger partial charge in [-0.25, -0.2) is 4.99 Å². The van der Waals surface area contributed by atoms with Crippen LogP contribution in [0.5, 0.6) is 0 Å². The maximum Gasteiger partial charge on any atom is 0.416 e. The zero-order valence-electron chi connectivity index (χ0n) is 13.6. The average Bonchev–Trinajstić information content (AvgIpc) is 2.95. The molecule has 0 aliphatic rings. The molecule has 1 aromatic heterocycles. The number of halogens is 3. The van der Waals surface area contributed by atoms with Crippen LogP contribution in [0.3, 0.4) is 0 Å². The number of benzene rings is 2. The van der Waals surface area contributed by atoms with Crippen LogP contribution < -0.4 is 0 Å². The lowest BCUT2D eigenvalue weighted by Crippen LogP contribution is -2.06. The van der Waals surface area contributed by atoms with E-state index in [9.17, 15) is 18.0 Å². The number of H-pyrrole nitrogens is 1. The number of aromatic nitrogens is 1. The second-order valence-corrected chi connectivity index (χ2v) is 5.89. The van der Waals surface area contributed by atoms with E-state index in [1.54, 1.807) is 6.20 Å². The molecule has 3 rings (SSSR count). The molecule has 1 amide bonds. The van der Waals surface area contributed by atoms with Gasteiger partial charge in [-0.1, -0.05) is 17.7 Å². The third-order valence-electron chi connectivity index (χ3n) is 3.92. The van der Waals surface area contributed by atoms with Crippen molar-refractivity contribution >= 4 is 23.0 Å². The number of nitrogens with one attached hydrogen (secondary N) is 1. The van der Waals surface area contributed by atoms with Crippen LogP contribution >= 0.6 is 0 Å². The number of carbonyl (C=O) groups is 1. The van der Waals surface area contributed by atoms with Crippen LogP contribution in [0.1, 0.15) is 32.6 Å². The lowest BCUT2D eigenvalue weighted by Gasteiger charge is -2.06. The van der Waals surface area contributed by atoms with Gasteiger partial charge < -0.3 is 4.98 Å². The fraction of sp³-hybridized carbons (Fsp3) is 0.158. The van der Waals surface area contributed by atoms with Gasteiger partial charge in [0.1, 0.15) is 0 Å². The molecule has 3 nitrogen and oxygen atoms in total. The van der Waals surface area contributed by atoms with E-state index in [1.807, 2.05) is 26.0 Å². The van der Waals surface area contributed by atoms with Crippen molar-refractivity contribution in [2.24, 2.45) is 4.99 Å². The second-order valence-electron chi connectivity index (χ2n) is 5.89. The molecule has 0 unspecified atom stereocenters. The highest BCUT2D eigenvalue weighted by Gasteiger charge is 2.30. The fourth-order valence-electron chi connectivity index (χ4n) is 2.75. The van der Waals surface area contributed by atoms with Gasteiger partial charge in [0.05, 0.1) is 5.56 Å². The Balaban J connectivity index is 1.91.